The molecule has 0 radical (unpaired) electrons. The average Bonchev–Trinajstić information content (AvgIpc) is 2.51. The van der Waals surface area contributed by atoms with Crippen molar-refractivity contribution >= 4 is 21.4 Å². The SMILES string of the molecule is Cc1ncc(S(=O)(=O)N[C@H](C)CO)s1. The van der Waals surface area contributed by atoms with E-state index in [2.05, 4.69) is 9.71 Å². The maximum atomic E-state index is 11.6. The number of nitrogens with zero attached hydrogens (tertiary/aromatic N) is 1. The second kappa shape index (κ2) is 4.35. The summed E-state index contributed by atoms with van der Waals surface area (Å²) in [5, 5.41) is 9.41. The van der Waals surface area contributed by atoms with Crippen LogP contribution in [-0.2, 0) is 10.0 Å². The Labute approximate surface area is 86.9 Å². The third-order valence-electron chi connectivity index (χ3n) is 1.50. The Morgan fingerprint density at radius 3 is 2.79 bits per heavy atom. The number of nitrogens with one attached hydrogen (secondary N) is 1. The number of aromatic nitrogens is 1. The first-order chi connectivity index (χ1) is 6.45. The summed E-state index contributed by atoms with van der Waals surface area (Å²) in [4.78, 5) is 3.85. The summed E-state index contributed by atoms with van der Waals surface area (Å²) < 4.78 is 25.6. The molecule has 1 aromatic rings. The molecule has 0 fully saturated rings. The summed E-state index contributed by atoms with van der Waals surface area (Å²) in [7, 11) is -3.50. The van der Waals surface area contributed by atoms with Gasteiger partial charge in [-0.15, -0.1) is 11.3 Å². The highest BCUT2D eigenvalue weighted by atomic mass is 32.2. The highest BCUT2D eigenvalue weighted by Gasteiger charge is 2.19. The number of thiazole rings is 1. The second-order valence-electron chi connectivity index (χ2n) is 2.90. The minimum Gasteiger partial charge on any atom is -0.395 e. The molecular weight excluding hydrogens is 224 g/mol. The first-order valence-corrected chi connectivity index (χ1v) is 6.31. The molecule has 1 heterocycles. The third kappa shape index (κ3) is 2.74. The van der Waals surface area contributed by atoms with Crippen molar-refractivity contribution < 1.29 is 13.5 Å². The topological polar surface area (TPSA) is 79.3 Å². The molecule has 0 unspecified atom stereocenters. The molecule has 5 nitrogen and oxygen atoms in total. The molecule has 2 N–H and O–H groups in total. The van der Waals surface area contributed by atoms with Gasteiger partial charge in [0.05, 0.1) is 17.8 Å². The van der Waals surface area contributed by atoms with Gasteiger partial charge in [0.1, 0.15) is 0 Å². The van der Waals surface area contributed by atoms with Crippen molar-refractivity contribution in [3.63, 3.8) is 0 Å². The van der Waals surface area contributed by atoms with Gasteiger partial charge in [0.2, 0.25) is 0 Å². The summed E-state index contributed by atoms with van der Waals surface area (Å²) in [6.07, 6.45) is 1.31. The molecule has 0 spiro atoms. The monoisotopic (exact) mass is 236 g/mol. The zero-order valence-corrected chi connectivity index (χ0v) is 9.52. The largest absolute Gasteiger partial charge is 0.395 e. The fourth-order valence-corrected chi connectivity index (χ4v) is 3.19. The van der Waals surface area contributed by atoms with Crippen molar-refractivity contribution in [3.05, 3.63) is 11.2 Å². The van der Waals surface area contributed by atoms with Gasteiger partial charge in [-0.25, -0.2) is 18.1 Å². The standard InChI is InChI=1S/C7H12N2O3S2/c1-5(4-10)9-14(11,12)7-3-8-6(2)13-7/h3,5,9-10H,4H2,1-2H3/t5-/m1/s1. The average molecular weight is 236 g/mol. The van der Waals surface area contributed by atoms with Gasteiger partial charge in [0.15, 0.2) is 4.21 Å². The minimum atomic E-state index is -3.50. The Balaban J connectivity index is 2.86. The summed E-state index contributed by atoms with van der Waals surface area (Å²) in [6, 6.07) is -0.484. The molecule has 1 aromatic heterocycles. The molecule has 7 heteroatoms. The first kappa shape index (κ1) is 11.6. The normalized spacial score (nSPS) is 14.2. The molecule has 0 aliphatic rings. The van der Waals surface area contributed by atoms with Gasteiger partial charge in [-0.2, -0.15) is 0 Å². The number of hydrogen-bond acceptors (Lipinski definition) is 5. The smallest absolute Gasteiger partial charge is 0.251 e. The molecule has 0 aliphatic heterocycles. The Kier molecular flexibility index (Phi) is 3.59. The van der Waals surface area contributed by atoms with Crippen LogP contribution in [0.5, 0.6) is 0 Å². The van der Waals surface area contributed by atoms with Gasteiger partial charge < -0.3 is 5.11 Å². The number of aliphatic hydroxyl groups is 1. The van der Waals surface area contributed by atoms with Crippen LogP contribution in [0.4, 0.5) is 0 Å². The Morgan fingerprint density at radius 1 is 1.71 bits per heavy atom. The molecule has 0 saturated carbocycles. The van der Waals surface area contributed by atoms with Crippen molar-refractivity contribution in [2.45, 2.75) is 24.1 Å². The molecule has 80 valence electrons. The zero-order chi connectivity index (χ0) is 10.8. The number of rotatable bonds is 4. The number of aliphatic hydroxyl groups excluding tert-OH is 1. The summed E-state index contributed by atoms with van der Waals surface area (Å²) in [6.45, 7) is 3.10. The first-order valence-electron chi connectivity index (χ1n) is 4.01. The molecule has 1 atom stereocenters. The lowest BCUT2D eigenvalue weighted by Crippen LogP contribution is -2.34. The molecule has 0 amide bonds. The van der Waals surface area contributed by atoms with E-state index in [4.69, 9.17) is 5.11 Å². The van der Waals surface area contributed by atoms with Crippen molar-refractivity contribution in [2.24, 2.45) is 0 Å². The highest BCUT2D eigenvalue weighted by molar-refractivity contribution is 7.91. The summed E-state index contributed by atoms with van der Waals surface area (Å²) >= 11 is 1.10. The van der Waals surface area contributed by atoms with E-state index in [1.807, 2.05) is 0 Å². The van der Waals surface area contributed by atoms with Crippen LogP contribution < -0.4 is 4.72 Å². The quantitative estimate of drug-likeness (QED) is 0.777. The Morgan fingerprint density at radius 2 is 2.36 bits per heavy atom. The molecular formula is C7H12N2O3S2. The minimum absolute atomic E-state index is 0.176. The van der Waals surface area contributed by atoms with E-state index < -0.39 is 16.1 Å². The number of sulfonamides is 1. The van der Waals surface area contributed by atoms with Crippen LogP contribution in [0.3, 0.4) is 0 Å². The van der Waals surface area contributed by atoms with Crippen LogP contribution in [0.25, 0.3) is 0 Å². The van der Waals surface area contributed by atoms with Crippen molar-refractivity contribution in [1.82, 2.24) is 9.71 Å². The lowest BCUT2D eigenvalue weighted by Gasteiger charge is -2.09. The van der Waals surface area contributed by atoms with Gasteiger partial charge >= 0.3 is 0 Å². The molecule has 14 heavy (non-hydrogen) atoms. The summed E-state index contributed by atoms with van der Waals surface area (Å²) in [5.74, 6) is 0. The Bertz CT molecular complexity index is 399. The third-order valence-corrected chi connectivity index (χ3v) is 4.46. The molecule has 0 aliphatic carbocycles. The van der Waals surface area contributed by atoms with Gasteiger partial charge in [0, 0.05) is 6.04 Å². The maximum Gasteiger partial charge on any atom is 0.251 e. The van der Waals surface area contributed by atoms with Crippen LogP contribution >= 0.6 is 11.3 Å². The van der Waals surface area contributed by atoms with E-state index in [9.17, 15) is 8.42 Å². The summed E-state index contributed by atoms with van der Waals surface area (Å²) in [5.41, 5.74) is 0. The molecule has 1 rings (SSSR count). The molecule has 0 saturated heterocycles. The lowest BCUT2D eigenvalue weighted by atomic mass is 10.4. The van der Waals surface area contributed by atoms with E-state index in [0.29, 0.717) is 5.01 Å². The van der Waals surface area contributed by atoms with Crippen LogP contribution in [0.15, 0.2) is 10.4 Å². The van der Waals surface area contributed by atoms with Crippen LogP contribution in [0.2, 0.25) is 0 Å². The van der Waals surface area contributed by atoms with E-state index in [1.54, 1.807) is 13.8 Å². The molecule has 0 bridgehead atoms. The van der Waals surface area contributed by atoms with E-state index in [1.165, 1.54) is 6.20 Å². The van der Waals surface area contributed by atoms with Crippen LogP contribution in [0, 0.1) is 6.92 Å². The maximum absolute atomic E-state index is 11.6. The molecule has 0 aromatic carbocycles. The van der Waals surface area contributed by atoms with Gasteiger partial charge in [-0.05, 0) is 13.8 Å². The fraction of sp³-hybridized carbons (Fsp3) is 0.571. The highest BCUT2D eigenvalue weighted by Crippen LogP contribution is 2.17. The van der Waals surface area contributed by atoms with Gasteiger partial charge in [-0.1, -0.05) is 0 Å². The van der Waals surface area contributed by atoms with Crippen molar-refractivity contribution in [2.75, 3.05) is 6.61 Å². The number of hydrogen-bond donors (Lipinski definition) is 2. The van der Waals surface area contributed by atoms with Crippen LogP contribution in [-0.4, -0.2) is 31.2 Å². The van der Waals surface area contributed by atoms with Gasteiger partial charge in [0.25, 0.3) is 10.0 Å². The van der Waals surface area contributed by atoms with Crippen molar-refractivity contribution in [1.29, 1.82) is 0 Å². The van der Waals surface area contributed by atoms with E-state index >= 15 is 0 Å². The predicted octanol–water partition coefficient (Wildman–Crippen LogP) is 0.111. The zero-order valence-electron chi connectivity index (χ0n) is 7.89. The Hall–Kier alpha value is -0.500. The van der Waals surface area contributed by atoms with Crippen LogP contribution in [0.1, 0.15) is 11.9 Å². The van der Waals surface area contributed by atoms with E-state index in [-0.39, 0.29) is 10.8 Å². The second-order valence-corrected chi connectivity index (χ2v) is 6.08. The fourth-order valence-electron chi connectivity index (χ4n) is 0.826. The number of aryl methyl sites for hydroxylation is 1. The van der Waals surface area contributed by atoms with Crippen molar-refractivity contribution in [3.8, 4) is 0 Å². The predicted molar refractivity (Wildman–Crippen MR) is 53.7 cm³/mol. The lowest BCUT2D eigenvalue weighted by molar-refractivity contribution is 0.265. The van der Waals surface area contributed by atoms with E-state index in [0.717, 1.165) is 11.3 Å². The van der Waals surface area contributed by atoms with Gasteiger partial charge in [-0.3, -0.25) is 0 Å².